The summed E-state index contributed by atoms with van der Waals surface area (Å²) in [5.41, 5.74) is 5.89. The van der Waals surface area contributed by atoms with Crippen LogP contribution in [0.2, 0.25) is 0 Å². The van der Waals surface area contributed by atoms with Crippen molar-refractivity contribution in [2.24, 2.45) is 5.92 Å². The topological polar surface area (TPSA) is 45.6 Å². The van der Waals surface area contributed by atoms with Crippen molar-refractivity contribution < 1.29 is 4.74 Å². The molecule has 1 aromatic heterocycles. The van der Waals surface area contributed by atoms with E-state index in [0.717, 1.165) is 36.8 Å². The minimum atomic E-state index is 0. The van der Waals surface area contributed by atoms with Gasteiger partial charge in [-0.25, -0.2) is 4.98 Å². The van der Waals surface area contributed by atoms with Crippen molar-refractivity contribution in [3.63, 3.8) is 0 Å². The Morgan fingerprint density at radius 3 is 2.21 bits per heavy atom. The number of rotatable bonds is 5. The van der Waals surface area contributed by atoms with E-state index >= 15 is 0 Å². The van der Waals surface area contributed by atoms with E-state index in [-0.39, 0.29) is 22.3 Å². The normalized spacial score (nSPS) is 15.4. The molecule has 0 fully saturated rings. The van der Waals surface area contributed by atoms with Gasteiger partial charge in [0.1, 0.15) is 12.5 Å². The highest BCUT2D eigenvalue weighted by molar-refractivity contribution is 5.88. The lowest BCUT2D eigenvalue weighted by atomic mass is 10.0. The molecule has 1 unspecified atom stereocenters. The van der Waals surface area contributed by atoms with Crippen molar-refractivity contribution in [3.8, 4) is 5.75 Å². The first-order valence-electron chi connectivity index (χ1n) is 8.95. The van der Waals surface area contributed by atoms with Crippen LogP contribution in [0.3, 0.4) is 0 Å². The number of benzene rings is 1. The molecular weight excluding hydrogens is 350 g/mol. The first-order valence-corrected chi connectivity index (χ1v) is 8.95. The number of nitrogens with one attached hydrogen (secondary N) is 1. The van der Waals surface area contributed by atoms with Crippen molar-refractivity contribution in [3.05, 3.63) is 16.7 Å². The molecule has 3 rings (SSSR count). The Morgan fingerprint density at radius 2 is 1.64 bits per heavy atom. The fraction of sp³-hybridized carbons (Fsp3) is 0.682. The highest BCUT2D eigenvalue weighted by Crippen LogP contribution is 2.37. The van der Waals surface area contributed by atoms with Gasteiger partial charge in [0.05, 0.1) is 11.0 Å². The molecule has 6 heteroatoms. The smallest absolute Gasteiger partial charge is 0.203 e. The van der Waals surface area contributed by atoms with Gasteiger partial charge in [-0.15, -0.1) is 0 Å². The summed E-state index contributed by atoms with van der Waals surface area (Å²) in [6.07, 6.45) is 0. The highest BCUT2D eigenvalue weighted by atomic mass is 16.5. The van der Waals surface area contributed by atoms with E-state index in [1.54, 1.807) is 0 Å². The summed E-state index contributed by atoms with van der Waals surface area (Å²) in [5.74, 6) is 2.56. The van der Waals surface area contributed by atoms with Gasteiger partial charge in [0.2, 0.25) is 5.95 Å². The quantitative estimate of drug-likeness (QED) is 0.764. The molecule has 6 nitrogen and oxygen atoms in total. The van der Waals surface area contributed by atoms with Crippen molar-refractivity contribution in [1.82, 2.24) is 19.4 Å². The van der Waals surface area contributed by atoms with E-state index in [9.17, 15) is 0 Å². The summed E-state index contributed by atoms with van der Waals surface area (Å²) in [4.78, 5) is 9.19. The maximum Gasteiger partial charge on any atom is 0.203 e. The van der Waals surface area contributed by atoms with Crippen LogP contribution in [0, 0.1) is 26.7 Å². The summed E-state index contributed by atoms with van der Waals surface area (Å²) in [5, 5.41) is 3.53. The van der Waals surface area contributed by atoms with Crippen LogP contribution in [0.25, 0.3) is 11.0 Å². The van der Waals surface area contributed by atoms with Gasteiger partial charge in [-0.3, -0.25) is 4.90 Å². The van der Waals surface area contributed by atoms with Crippen LogP contribution in [0.4, 0.5) is 5.95 Å². The molecule has 1 N–H and O–H groups in total. The molecule has 0 saturated carbocycles. The number of imidazole rings is 1. The first-order chi connectivity index (χ1) is 11.8. The zero-order valence-electron chi connectivity index (χ0n) is 16.6. The van der Waals surface area contributed by atoms with Crippen LogP contribution in [-0.2, 0) is 6.54 Å². The van der Waals surface area contributed by atoms with E-state index < -0.39 is 0 Å². The molecular formula is C22H43N5O. The fourth-order valence-corrected chi connectivity index (χ4v) is 3.75. The lowest BCUT2D eigenvalue weighted by molar-refractivity contribution is 0.177. The van der Waals surface area contributed by atoms with E-state index in [1.165, 1.54) is 22.2 Å². The monoisotopic (exact) mass is 393 g/mol. The predicted molar refractivity (Wildman–Crippen MR) is 124 cm³/mol. The van der Waals surface area contributed by atoms with E-state index in [1.807, 2.05) is 19.0 Å². The molecule has 1 atom stereocenters. The SMILES string of the molecule is C.C.C.Cc1c(OCN(C)C)c(C)c2c(nc3n2CC(CN(C)C)CN3)c1C. The van der Waals surface area contributed by atoms with Crippen LogP contribution in [-0.4, -0.2) is 67.4 Å². The van der Waals surface area contributed by atoms with Gasteiger partial charge in [-0.2, -0.15) is 0 Å². The molecule has 0 amide bonds. The van der Waals surface area contributed by atoms with Gasteiger partial charge in [0, 0.05) is 31.1 Å². The van der Waals surface area contributed by atoms with Crippen molar-refractivity contribution in [2.45, 2.75) is 49.6 Å². The lowest BCUT2D eigenvalue weighted by Crippen LogP contribution is -2.34. The number of aryl methyl sites for hydroxylation is 2. The third-order valence-corrected chi connectivity index (χ3v) is 5.00. The van der Waals surface area contributed by atoms with E-state index in [4.69, 9.17) is 9.72 Å². The summed E-state index contributed by atoms with van der Waals surface area (Å²) in [7, 11) is 8.31. The number of anilines is 1. The molecule has 1 aliphatic heterocycles. The van der Waals surface area contributed by atoms with Crippen molar-refractivity contribution in [1.29, 1.82) is 0 Å². The standard InChI is InChI=1S/C19H31N5O.3CH4/c1-12-13(2)18(25-11-23(6)7)14(3)17-16(12)21-19-20-8-15(9-22(4)5)10-24(17)19;;;/h15H,8-11H2,1-7H3,(H,20,21);3*1H4. The molecule has 1 aromatic carbocycles. The molecule has 1 aliphatic rings. The van der Waals surface area contributed by atoms with E-state index in [2.05, 4.69) is 49.7 Å². The number of hydrogen-bond donors (Lipinski definition) is 1. The van der Waals surface area contributed by atoms with Gasteiger partial charge in [-0.05, 0) is 60.1 Å². The van der Waals surface area contributed by atoms with Crippen molar-refractivity contribution >= 4 is 17.0 Å². The number of hydrogen-bond acceptors (Lipinski definition) is 5. The molecule has 2 aromatic rings. The van der Waals surface area contributed by atoms with Gasteiger partial charge in [0.15, 0.2) is 0 Å². The second-order valence-electron chi connectivity index (χ2n) is 7.81. The van der Waals surface area contributed by atoms with Crippen LogP contribution in [0.15, 0.2) is 0 Å². The van der Waals surface area contributed by atoms with Gasteiger partial charge < -0.3 is 19.5 Å². The number of ether oxygens (including phenoxy) is 1. The maximum atomic E-state index is 6.13. The molecule has 0 radical (unpaired) electrons. The predicted octanol–water partition coefficient (Wildman–Crippen LogP) is 4.37. The maximum absolute atomic E-state index is 6.13. The summed E-state index contributed by atoms with van der Waals surface area (Å²) < 4.78 is 8.47. The average molecular weight is 394 g/mol. The number of aromatic nitrogens is 2. The Hall–Kier alpha value is -1.79. The minimum Gasteiger partial charge on any atom is -0.478 e. The molecule has 2 heterocycles. The summed E-state index contributed by atoms with van der Waals surface area (Å²) in [6, 6.07) is 0. The van der Waals surface area contributed by atoms with Crippen LogP contribution >= 0.6 is 0 Å². The second kappa shape index (κ2) is 10.1. The molecule has 0 spiro atoms. The van der Waals surface area contributed by atoms with Crippen LogP contribution in [0.1, 0.15) is 39.0 Å². The fourth-order valence-electron chi connectivity index (χ4n) is 3.75. The zero-order valence-corrected chi connectivity index (χ0v) is 16.6. The third kappa shape index (κ3) is 4.78. The largest absolute Gasteiger partial charge is 0.478 e. The van der Waals surface area contributed by atoms with Crippen molar-refractivity contribution in [2.75, 3.05) is 53.3 Å². The molecule has 0 bridgehead atoms. The number of fused-ring (bicyclic) bond motifs is 3. The Kier molecular flexibility index (Phi) is 9.47. The third-order valence-electron chi connectivity index (χ3n) is 5.00. The van der Waals surface area contributed by atoms with Crippen LogP contribution < -0.4 is 10.1 Å². The Bertz CT molecular complexity index is 779. The van der Waals surface area contributed by atoms with Gasteiger partial charge in [0.25, 0.3) is 0 Å². The first kappa shape index (κ1) is 26.2. The van der Waals surface area contributed by atoms with E-state index in [0.29, 0.717) is 12.6 Å². The highest BCUT2D eigenvalue weighted by Gasteiger charge is 2.26. The van der Waals surface area contributed by atoms with Crippen LogP contribution in [0.5, 0.6) is 5.75 Å². The lowest BCUT2D eigenvalue weighted by Gasteiger charge is -2.28. The molecule has 0 aliphatic carbocycles. The minimum absolute atomic E-state index is 0. The summed E-state index contributed by atoms with van der Waals surface area (Å²) >= 11 is 0. The molecule has 162 valence electrons. The Balaban J connectivity index is 0.00000243. The molecule has 28 heavy (non-hydrogen) atoms. The molecule has 0 saturated heterocycles. The Morgan fingerprint density at radius 1 is 1.00 bits per heavy atom. The Labute approximate surface area is 172 Å². The zero-order chi connectivity index (χ0) is 18.3. The average Bonchev–Trinajstić information content (AvgIpc) is 2.91. The number of nitrogens with zero attached hydrogens (tertiary/aromatic N) is 4. The summed E-state index contributed by atoms with van der Waals surface area (Å²) in [6.45, 7) is 10.1. The second-order valence-corrected chi connectivity index (χ2v) is 7.81. The van der Waals surface area contributed by atoms with Gasteiger partial charge in [-0.1, -0.05) is 22.3 Å². The van der Waals surface area contributed by atoms with Gasteiger partial charge >= 0.3 is 0 Å².